The average Bonchev–Trinajstić information content (AvgIpc) is 2.79. The van der Waals surface area contributed by atoms with E-state index < -0.39 is 6.04 Å². The fourth-order valence-corrected chi connectivity index (χ4v) is 2.00. The van der Waals surface area contributed by atoms with E-state index in [9.17, 15) is 4.79 Å². The van der Waals surface area contributed by atoms with Gasteiger partial charge in [0.05, 0.1) is 11.7 Å². The van der Waals surface area contributed by atoms with Crippen LogP contribution in [0.1, 0.15) is 31.2 Å². The van der Waals surface area contributed by atoms with E-state index in [-0.39, 0.29) is 18.3 Å². The highest BCUT2D eigenvalue weighted by Gasteiger charge is 2.13. The number of anilines is 1. The zero-order valence-electron chi connectivity index (χ0n) is 13.1. The number of benzene rings is 1. The second kappa shape index (κ2) is 7.96. The van der Waals surface area contributed by atoms with E-state index in [2.05, 4.69) is 10.3 Å². The summed E-state index contributed by atoms with van der Waals surface area (Å²) in [6, 6.07) is 6.92. The number of carbonyl (C=O) groups is 1. The summed E-state index contributed by atoms with van der Waals surface area (Å²) >= 11 is 0. The number of hydrogen-bond donors (Lipinski definition) is 2. The molecule has 5 nitrogen and oxygen atoms in total. The molecule has 0 aliphatic carbocycles. The predicted molar refractivity (Wildman–Crippen MR) is 90.2 cm³/mol. The highest BCUT2D eigenvalue weighted by Crippen LogP contribution is 2.24. The minimum Gasteiger partial charge on any atom is -0.441 e. The first-order valence-electron chi connectivity index (χ1n) is 7.12. The second-order valence-electron chi connectivity index (χ2n) is 5.13. The van der Waals surface area contributed by atoms with E-state index in [4.69, 9.17) is 10.2 Å². The minimum atomic E-state index is -0.482. The summed E-state index contributed by atoms with van der Waals surface area (Å²) in [4.78, 5) is 16.3. The monoisotopic (exact) mass is 323 g/mol. The molecule has 0 bridgehead atoms. The molecule has 1 atom stereocenters. The number of nitrogens with two attached hydrogens (primary N) is 1. The first-order chi connectivity index (χ1) is 10.0. The van der Waals surface area contributed by atoms with E-state index in [0.717, 1.165) is 23.4 Å². The van der Waals surface area contributed by atoms with Crippen molar-refractivity contribution in [2.24, 2.45) is 5.73 Å². The van der Waals surface area contributed by atoms with Gasteiger partial charge in [-0.05, 0) is 38.5 Å². The van der Waals surface area contributed by atoms with E-state index in [1.807, 2.05) is 45.0 Å². The van der Waals surface area contributed by atoms with Gasteiger partial charge >= 0.3 is 0 Å². The molecule has 0 fully saturated rings. The minimum absolute atomic E-state index is 0. The van der Waals surface area contributed by atoms with Crippen molar-refractivity contribution >= 4 is 24.0 Å². The first-order valence-corrected chi connectivity index (χ1v) is 7.12. The maximum atomic E-state index is 11.9. The van der Waals surface area contributed by atoms with Gasteiger partial charge in [0.25, 0.3) is 0 Å². The maximum Gasteiger partial charge on any atom is 0.241 e. The molecule has 0 saturated carbocycles. The third kappa shape index (κ3) is 4.32. The molecule has 0 aliphatic rings. The largest absolute Gasteiger partial charge is 0.441 e. The molecule has 1 heterocycles. The first kappa shape index (κ1) is 18.2. The van der Waals surface area contributed by atoms with Crippen LogP contribution < -0.4 is 11.1 Å². The zero-order valence-corrected chi connectivity index (χ0v) is 13.9. The molecule has 2 rings (SSSR count). The van der Waals surface area contributed by atoms with Crippen LogP contribution in [0.15, 0.2) is 28.7 Å². The van der Waals surface area contributed by atoms with Crippen molar-refractivity contribution in [2.75, 3.05) is 5.32 Å². The number of carbonyl (C=O) groups excluding carboxylic acids is 1. The Morgan fingerprint density at radius 1 is 1.41 bits per heavy atom. The Balaban J connectivity index is 0.00000242. The van der Waals surface area contributed by atoms with Crippen LogP contribution in [0, 0.1) is 13.8 Å². The number of aryl methyl sites for hydroxylation is 2. The van der Waals surface area contributed by atoms with Crippen LogP contribution >= 0.6 is 12.4 Å². The molecular weight excluding hydrogens is 302 g/mol. The number of nitrogens with zero attached hydrogens (tertiary/aromatic N) is 1. The summed E-state index contributed by atoms with van der Waals surface area (Å²) in [5.74, 6) is 1.18. The molecule has 120 valence electrons. The van der Waals surface area contributed by atoms with Gasteiger partial charge in [0.1, 0.15) is 5.76 Å². The zero-order chi connectivity index (χ0) is 15.4. The summed E-state index contributed by atoms with van der Waals surface area (Å²) in [7, 11) is 0. The number of nitrogens with one attached hydrogen (secondary N) is 1. The summed E-state index contributed by atoms with van der Waals surface area (Å²) < 4.78 is 5.60. The van der Waals surface area contributed by atoms with Gasteiger partial charge < -0.3 is 15.5 Å². The standard InChI is InChI=1S/C16H21N3O2.ClH/c1-4-6-14(17)15(20)19-13-8-5-7-12(9-13)16-18-10(2)11(3)21-16;/h5,7-9,14H,4,6,17H2,1-3H3,(H,19,20);1H. The number of aromatic nitrogens is 1. The number of halogens is 1. The normalized spacial score (nSPS) is 11.6. The summed E-state index contributed by atoms with van der Waals surface area (Å²) in [5.41, 5.74) is 8.19. The van der Waals surface area contributed by atoms with Crippen LogP contribution in [-0.4, -0.2) is 16.9 Å². The van der Waals surface area contributed by atoms with Gasteiger partial charge in [-0.15, -0.1) is 12.4 Å². The fraction of sp³-hybridized carbons (Fsp3) is 0.375. The molecule has 1 unspecified atom stereocenters. The van der Waals surface area contributed by atoms with Gasteiger partial charge in [0.15, 0.2) is 0 Å². The molecular formula is C16H22ClN3O2. The Bertz CT molecular complexity index is 621. The van der Waals surface area contributed by atoms with Crippen LogP contribution in [0.5, 0.6) is 0 Å². The van der Waals surface area contributed by atoms with Crippen LogP contribution in [-0.2, 0) is 4.79 Å². The second-order valence-corrected chi connectivity index (χ2v) is 5.13. The molecule has 0 radical (unpaired) electrons. The van der Waals surface area contributed by atoms with E-state index in [1.165, 1.54) is 0 Å². The topological polar surface area (TPSA) is 81.2 Å². The number of oxazole rings is 1. The molecule has 0 spiro atoms. The van der Waals surface area contributed by atoms with Crippen molar-refractivity contribution in [3.63, 3.8) is 0 Å². The molecule has 1 amide bonds. The lowest BCUT2D eigenvalue weighted by molar-refractivity contribution is -0.117. The van der Waals surface area contributed by atoms with Crippen molar-refractivity contribution in [2.45, 2.75) is 39.7 Å². The molecule has 1 aromatic heterocycles. The molecule has 2 aromatic rings. The molecule has 0 aliphatic heterocycles. The van der Waals surface area contributed by atoms with E-state index in [0.29, 0.717) is 18.0 Å². The SMILES string of the molecule is CCCC(N)C(=O)Nc1cccc(-c2nc(C)c(C)o2)c1.Cl. The smallest absolute Gasteiger partial charge is 0.241 e. The van der Waals surface area contributed by atoms with Crippen molar-refractivity contribution in [3.05, 3.63) is 35.7 Å². The summed E-state index contributed by atoms with van der Waals surface area (Å²) in [5, 5.41) is 2.82. The lowest BCUT2D eigenvalue weighted by Crippen LogP contribution is -2.35. The van der Waals surface area contributed by atoms with Gasteiger partial charge in [0, 0.05) is 11.3 Å². The van der Waals surface area contributed by atoms with Crippen molar-refractivity contribution in [1.82, 2.24) is 4.98 Å². The van der Waals surface area contributed by atoms with Gasteiger partial charge in [0.2, 0.25) is 11.8 Å². The van der Waals surface area contributed by atoms with E-state index in [1.54, 1.807) is 0 Å². The summed E-state index contributed by atoms with van der Waals surface area (Å²) in [6.45, 7) is 5.78. The molecule has 6 heteroatoms. The molecule has 0 saturated heterocycles. The molecule has 1 aromatic carbocycles. The lowest BCUT2D eigenvalue weighted by Gasteiger charge is -2.11. The Labute approximate surface area is 136 Å². The number of amides is 1. The fourth-order valence-electron chi connectivity index (χ4n) is 2.00. The quantitative estimate of drug-likeness (QED) is 0.883. The van der Waals surface area contributed by atoms with Crippen molar-refractivity contribution < 1.29 is 9.21 Å². The Kier molecular flexibility index (Phi) is 6.59. The van der Waals surface area contributed by atoms with Crippen LogP contribution in [0.2, 0.25) is 0 Å². The number of hydrogen-bond acceptors (Lipinski definition) is 4. The predicted octanol–water partition coefficient (Wildman–Crippen LogP) is 3.45. The lowest BCUT2D eigenvalue weighted by atomic mass is 10.1. The Morgan fingerprint density at radius 3 is 2.73 bits per heavy atom. The number of rotatable bonds is 5. The van der Waals surface area contributed by atoms with Crippen molar-refractivity contribution in [3.8, 4) is 11.5 Å². The van der Waals surface area contributed by atoms with Gasteiger partial charge in [-0.25, -0.2) is 4.98 Å². The Hall–Kier alpha value is -1.85. The Morgan fingerprint density at radius 2 is 2.14 bits per heavy atom. The van der Waals surface area contributed by atoms with Gasteiger partial charge in [-0.1, -0.05) is 19.4 Å². The van der Waals surface area contributed by atoms with Crippen molar-refractivity contribution in [1.29, 1.82) is 0 Å². The average molecular weight is 324 g/mol. The third-order valence-corrected chi connectivity index (χ3v) is 3.34. The van der Waals surface area contributed by atoms with Gasteiger partial charge in [-0.3, -0.25) is 4.79 Å². The molecule has 3 N–H and O–H groups in total. The van der Waals surface area contributed by atoms with Crippen LogP contribution in [0.25, 0.3) is 11.5 Å². The highest BCUT2D eigenvalue weighted by molar-refractivity contribution is 5.95. The maximum absolute atomic E-state index is 11.9. The molecule has 22 heavy (non-hydrogen) atoms. The highest BCUT2D eigenvalue weighted by atomic mass is 35.5. The summed E-state index contributed by atoms with van der Waals surface area (Å²) in [6.07, 6.45) is 1.55. The third-order valence-electron chi connectivity index (χ3n) is 3.34. The van der Waals surface area contributed by atoms with E-state index >= 15 is 0 Å². The van der Waals surface area contributed by atoms with Crippen LogP contribution in [0.3, 0.4) is 0 Å². The van der Waals surface area contributed by atoms with Gasteiger partial charge in [-0.2, -0.15) is 0 Å². The van der Waals surface area contributed by atoms with Crippen LogP contribution in [0.4, 0.5) is 5.69 Å².